The number of ketones is 1. The Morgan fingerprint density at radius 1 is 0.967 bits per heavy atom. The Bertz CT molecular complexity index is 731. The fourth-order valence-electron chi connectivity index (χ4n) is 8.50. The van der Waals surface area contributed by atoms with Crippen molar-refractivity contribution in [3.8, 4) is 0 Å². The Balaban J connectivity index is 1.55. The molecule has 4 saturated carbocycles. The molecule has 0 spiro atoms. The van der Waals surface area contributed by atoms with E-state index in [1.54, 1.807) is 0 Å². The molecular formula is C25H38O5. The van der Waals surface area contributed by atoms with E-state index in [1.165, 1.54) is 13.8 Å². The number of fused-ring (bicyclic) bond motifs is 5. The van der Waals surface area contributed by atoms with Crippen LogP contribution in [0.4, 0.5) is 0 Å². The number of carbonyl (C=O) groups excluding carboxylic acids is 3. The topological polar surface area (TPSA) is 69.7 Å². The van der Waals surface area contributed by atoms with Gasteiger partial charge in [-0.05, 0) is 80.5 Å². The second-order valence-corrected chi connectivity index (χ2v) is 11.2. The lowest BCUT2D eigenvalue weighted by atomic mass is 9.44. The molecule has 0 saturated heterocycles. The second-order valence-electron chi connectivity index (χ2n) is 11.2. The van der Waals surface area contributed by atoms with Crippen molar-refractivity contribution in [2.45, 2.75) is 98.2 Å². The molecule has 4 aliphatic rings. The van der Waals surface area contributed by atoms with E-state index in [9.17, 15) is 14.4 Å². The van der Waals surface area contributed by atoms with E-state index in [-0.39, 0.29) is 40.9 Å². The molecule has 4 fully saturated rings. The third-order valence-corrected chi connectivity index (χ3v) is 9.73. The van der Waals surface area contributed by atoms with E-state index >= 15 is 0 Å². The summed E-state index contributed by atoms with van der Waals surface area (Å²) < 4.78 is 11.1. The fraction of sp³-hybridized carbons (Fsp3) is 0.880. The first kappa shape index (κ1) is 21.8. The quantitative estimate of drug-likeness (QED) is 0.621. The van der Waals surface area contributed by atoms with Crippen LogP contribution in [-0.2, 0) is 23.9 Å². The molecule has 0 aromatic rings. The van der Waals surface area contributed by atoms with E-state index in [1.807, 2.05) is 6.92 Å². The van der Waals surface area contributed by atoms with Crippen molar-refractivity contribution in [3.63, 3.8) is 0 Å². The van der Waals surface area contributed by atoms with Crippen molar-refractivity contribution in [2.75, 3.05) is 0 Å². The maximum atomic E-state index is 13.4. The highest BCUT2D eigenvalue weighted by Gasteiger charge is 2.63. The van der Waals surface area contributed by atoms with Gasteiger partial charge in [0.05, 0.1) is 0 Å². The van der Waals surface area contributed by atoms with E-state index in [4.69, 9.17) is 9.47 Å². The molecule has 0 N–H and O–H groups in total. The molecule has 9 atom stereocenters. The van der Waals surface area contributed by atoms with Crippen LogP contribution in [0.2, 0.25) is 0 Å². The summed E-state index contributed by atoms with van der Waals surface area (Å²) in [4.78, 5) is 36.3. The molecule has 0 bridgehead atoms. The van der Waals surface area contributed by atoms with Crippen LogP contribution in [-0.4, -0.2) is 29.9 Å². The molecule has 5 nitrogen and oxygen atoms in total. The molecule has 0 aromatic heterocycles. The minimum absolute atomic E-state index is 0.0254. The highest BCUT2D eigenvalue weighted by molar-refractivity contribution is 5.83. The van der Waals surface area contributed by atoms with Crippen molar-refractivity contribution in [1.82, 2.24) is 0 Å². The van der Waals surface area contributed by atoms with Gasteiger partial charge in [0.2, 0.25) is 0 Å². The molecule has 0 heterocycles. The Morgan fingerprint density at radius 3 is 2.30 bits per heavy atom. The lowest BCUT2D eigenvalue weighted by Crippen LogP contribution is -2.57. The number of hydrogen-bond acceptors (Lipinski definition) is 5. The fourth-order valence-corrected chi connectivity index (χ4v) is 8.50. The van der Waals surface area contributed by atoms with Gasteiger partial charge in [0.25, 0.3) is 0 Å². The Kier molecular flexibility index (Phi) is 5.55. The maximum Gasteiger partial charge on any atom is 0.302 e. The largest absolute Gasteiger partial charge is 0.463 e. The first-order chi connectivity index (χ1) is 14.1. The van der Waals surface area contributed by atoms with Gasteiger partial charge in [-0.3, -0.25) is 14.4 Å². The predicted octanol–water partition coefficient (Wildman–Crippen LogP) is 4.71. The zero-order valence-electron chi connectivity index (χ0n) is 19.2. The Labute approximate surface area is 180 Å². The van der Waals surface area contributed by atoms with Crippen LogP contribution in [0.5, 0.6) is 0 Å². The first-order valence-electron chi connectivity index (χ1n) is 11.9. The highest BCUT2D eigenvalue weighted by Crippen LogP contribution is 2.67. The third kappa shape index (κ3) is 3.40. The van der Waals surface area contributed by atoms with E-state index in [2.05, 4.69) is 13.8 Å². The van der Waals surface area contributed by atoms with Crippen LogP contribution in [0.1, 0.15) is 86.0 Å². The molecule has 4 aliphatic carbocycles. The number of Topliss-reactive ketones (excluding diaryl/α,β-unsaturated/α-hetero) is 1. The monoisotopic (exact) mass is 418 g/mol. The molecule has 0 aliphatic heterocycles. The number of esters is 2. The van der Waals surface area contributed by atoms with Crippen molar-refractivity contribution < 1.29 is 23.9 Å². The Morgan fingerprint density at radius 2 is 1.63 bits per heavy atom. The summed E-state index contributed by atoms with van der Waals surface area (Å²) in [6.07, 6.45) is 7.58. The van der Waals surface area contributed by atoms with Gasteiger partial charge >= 0.3 is 11.9 Å². The van der Waals surface area contributed by atoms with Crippen molar-refractivity contribution >= 4 is 17.7 Å². The third-order valence-electron chi connectivity index (χ3n) is 9.73. The Hall–Kier alpha value is -1.39. The van der Waals surface area contributed by atoms with E-state index in [0.717, 1.165) is 38.5 Å². The predicted molar refractivity (Wildman–Crippen MR) is 112 cm³/mol. The molecule has 0 aromatic carbocycles. The SMILES string of the molecule is CC(=O)OC(C)[C@H]1CC[C@H]2[C@@H]3CC(=O)[C@H]4C[C@@H](OC(C)=O)CC[C@]4(C)[C@H]3CC[C@]12C. The summed E-state index contributed by atoms with van der Waals surface area (Å²) in [5, 5.41) is 0. The molecule has 1 unspecified atom stereocenters. The first-order valence-corrected chi connectivity index (χ1v) is 11.9. The standard InChI is InChI=1S/C25H38O5/c1-14(29-15(2)26)19-6-7-20-18-13-23(28)22-12-17(30-16(3)27)8-10-25(22,5)21(18)9-11-24(19,20)4/h14,17-22H,6-13H2,1-5H3/t14?,17-,18-,19+,20-,21-,22+,24+,25+/m0/s1. The lowest BCUT2D eigenvalue weighted by Gasteiger charge is -2.60. The number of hydrogen-bond donors (Lipinski definition) is 0. The van der Waals surface area contributed by atoms with Crippen molar-refractivity contribution in [3.05, 3.63) is 0 Å². The van der Waals surface area contributed by atoms with Crippen LogP contribution in [0.15, 0.2) is 0 Å². The number of carbonyl (C=O) groups is 3. The summed E-state index contributed by atoms with van der Waals surface area (Å²) >= 11 is 0. The molecule has 5 heteroatoms. The average Bonchev–Trinajstić information content (AvgIpc) is 2.99. The number of ether oxygens (including phenoxy) is 2. The molecule has 4 rings (SSSR count). The summed E-state index contributed by atoms with van der Waals surface area (Å²) in [5.41, 5.74) is 0.173. The van der Waals surface area contributed by atoms with Crippen LogP contribution in [0.3, 0.4) is 0 Å². The van der Waals surface area contributed by atoms with Crippen LogP contribution < -0.4 is 0 Å². The van der Waals surface area contributed by atoms with Crippen LogP contribution >= 0.6 is 0 Å². The maximum absolute atomic E-state index is 13.4. The summed E-state index contributed by atoms with van der Waals surface area (Å²) in [6, 6.07) is 0. The van der Waals surface area contributed by atoms with E-state index in [0.29, 0.717) is 42.3 Å². The van der Waals surface area contributed by atoms with Crippen molar-refractivity contribution in [1.29, 1.82) is 0 Å². The van der Waals surface area contributed by atoms with Gasteiger partial charge in [-0.2, -0.15) is 0 Å². The van der Waals surface area contributed by atoms with Gasteiger partial charge in [-0.15, -0.1) is 0 Å². The van der Waals surface area contributed by atoms with Gasteiger partial charge < -0.3 is 9.47 Å². The minimum atomic E-state index is -0.239. The minimum Gasteiger partial charge on any atom is -0.463 e. The summed E-state index contributed by atoms with van der Waals surface area (Å²) in [7, 11) is 0. The average molecular weight is 419 g/mol. The smallest absolute Gasteiger partial charge is 0.302 e. The molecule has 0 amide bonds. The second kappa shape index (κ2) is 7.63. The highest BCUT2D eigenvalue weighted by atomic mass is 16.5. The molecule has 30 heavy (non-hydrogen) atoms. The molecule has 0 radical (unpaired) electrons. The van der Waals surface area contributed by atoms with Crippen molar-refractivity contribution in [2.24, 2.45) is 40.4 Å². The van der Waals surface area contributed by atoms with Gasteiger partial charge in [0.15, 0.2) is 0 Å². The van der Waals surface area contributed by atoms with Gasteiger partial charge in [-0.25, -0.2) is 0 Å². The van der Waals surface area contributed by atoms with Crippen LogP contribution in [0, 0.1) is 40.4 Å². The number of rotatable bonds is 3. The van der Waals surface area contributed by atoms with Gasteiger partial charge in [0.1, 0.15) is 18.0 Å². The zero-order valence-corrected chi connectivity index (χ0v) is 19.2. The van der Waals surface area contributed by atoms with E-state index < -0.39 is 0 Å². The van der Waals surface area contributed by atoms with Crippen LogP contribution in [0.25, 0.3) is 0 Å². The van der Waals surface area contributed by atoms with Gasteiger partial charge in [-0.1, -0.05) is 13.8 Å². The lowest BCUT2D eigenvalue weighted by molar-refractivity contribution is -0.171. The normalized spacial score (nSPS) is 46.2. The molecule has 168 valence electrons. The van der Waals surface area contributed by atoms with Gasteiger partial charge in [0, 0.05) is 32.1 Å². The molecular weight excluding hydrogens is 380 g/mol. The summed E-state index contributed by atoms with van der Waals surface area (Å²) in [6.45, 7) is 9.73. The summed E-state index contributed by atoms with van der Waals surface area (Å²) in [5.74, 6) is 1.90. The zero-order chi connectivity index (χ0) is 21.8.